The van der Waals surface area contributed by atoms with Crippen LogP contribution in [0.2, 0.25) is 0 Å². The first-order valence-corrected chi connectivity index (χ1v) is 11.8. The number of rotatable bonds is 11. The number of ether oxygens (including phenoxy) is 7. The number of benzene rings is 1. The summed E-state index contributed by atoms with van der Waals surface area (Å²) < 4.78 is 36.7. The molecule has 16 nitrogen and oxygen atoms in total. The van der Waals surface area contributed by atoms with Crippen molar-refractivity contribution in [2.75, 3.05) is 13.7 Å². The largest absolute Gasteiger partial charge is 0.466 e. The van der Waals surface area contributed by atoms with Gasteiger partial charge in [0.25, 0.3) is 0 Å². The van der Waals surface area contributed by atoms with Crippen LogP contribution in [-0.4, -0.2) is 85.0 Å². The summed E-state index contributed by atoms with van der Waals surface area (Å²) in [6, 6.07) is 3.43. The van der Waals surface area contributed by atoms with E-state index < -0.39 is 94.9 Å². The van der Waals surface area contributed by atoms with Crippen LogP contribution in [0, 0.1) is 10.1 Å². The van der Waals surface area contributed by atoms with Crippen molar-refractivity contribution >= 4 is 41.3 Å². The van der Waals surface area contributed by atoms with E-state index in [4.69, 9.17) is 28.4 Å². The molecule has 0 unspecified atom stereocenters. The van der Waals surface area contributed by atoms with Gasteiger partial charge in [0.05, 0.1) is 12.0 Å². The van der Waals surface area contributed by atoms with E-state index in [0.29, 0.717) is 0 Å². The zero-order valence-corrected chi connectivity index (χ0v) is 22.6. The van der Waals surface area contributed by atoms with Crippen molar-refractivity contribution in [2.24, 2.45) is 0 Å². The first-order valence-electron chi connectivity index (χ1n) is 11.8. The number of methoxy groups -OCH3 is 1. The molecule has 222 valence electrons. The summed E-state index contributed by atoms with van der Waals surface area (Å²) in [6.45, 7) is 3.59. The van der Waals surface area contributed by atoms with Crippen molar-refractivity contribution in [3.63, 3.8) is 0 Å². The van der Waals surface area contributed by atoms with E-state index in [1.54, 1.807) is 0 Å². The van der Waals surface area contributed by atoms with Gasteiger partial charge in [-0.2, -0.15) is 0 Å². The van der Waals surface area contributed by atoms with E-state index in [2.05, 4.69) is 4.74 Å². The normalized spacial score (nSPS) is 21.7. The van der Waals surface area contributed by atoms with E-state index in [0.717, 1.165) is 59.1 Å². The molecule has 0 aromatic heterocycles. The third-order valence-electron chi connectivity index (χ3n) is 5.21. The monoisotopic (exact) mass is 581 g/mol. The minimum absolute atomic E-state index is 0.488. The van der Waals surface area contributed by atoms with Crippen LogP contribution in [0.15, 0.2) is 30.4 Å². The van der Waals surface area contributed by atoms with Gasteiger partial charge in [-0.05, 0) is 18.2 Å². The lowest BCUT2D eigenvalue weighted by molar-refractivity contribution is -0.387. The van der Waals surface area contributed by atoms with Crippen LogP contribution in [0.25, 0.3) is 0 Å². The molecular weight excluding hydrogens is 554 g/mol. The van der Waals surface area contributed by atoms with Crippen LogP contribution >= 0.6 is 0 Å². The molecule has 0 aliphatic carbocycles. The molecule has 0 amide bonds. The molecule has 16 heteroatoms. The Balaban J connectivity index is 2.62. The zero-order valence-electron chi connectivity index (χ0n) is 22.6. The van der Waals surface area contributed by atoms with Gasteiger partial charge in [0.2, 0.25) is 18.1 Å². The number of para-hydroxylation sites is 1. The van der Waals surface area contributed by atoms with E-state index in [1.807, 2.05) is 0 Å². The summed E-state index contributed by atoms with van der Waals surface area (Å²) in [4.78, 5) is 82.4. The lowest BCUT2D eigenvalue weighted by atomic mass is 9.98. The number of nitrogens with zero attached hydrogens (tertiary/aromatic N) is 1. The minimum atomic E-state index is -1.79. The van der Waals surface area contributed by atoms with Crippen LogP contribution in [-0.2, 0) is 52.4 Å². The van der Waals surface area contributed by atoms with Crippen LogP contribution in [0.3, 0.4) is 0 Å². The highest BCUT2D eigenvalue weighted by atomic mass is 16.7. The molecule has 0 spiro atoms. The second kappa shape index (κ2) is 14.5. The summed E-state index contributed by atoms with van der Waals surface area (Å²) in [5.41, 5.74) is -1.34. The van der Waals surface area contributed by atoms with Gasteiger partial charge in [-0.3, -0.25) is 34.1 Å². The molecule has 5 atom stereocenters. The second-order valence-corrected chi connectivity index (χ2v) is 8.32. The number of esters is 5. The van der Waals surface area contributed by atoms with Crippen molar-refractivity contribution in [3.8, 4) is 5.75 Å². The lowest BCUT2D eigenvalue weighted by Gasteiger charge is -2.43. The third kappa shape index (κ3) is 9.10. The quantitative estimate of drug-likeness (QED) is 0.0890. The molecule has 1 aromatic rings. The van der Waals surface area contributed by atoms with Gasteiger partial charge in [0.15, 0.2) is 18.0 Å². The van der Waals surface area contributed by atoms with E-state index in [9.17, 15) is 38.9 Å². The van der Waals surface area contributed by atoms with Gasteiger partial charge in [0.1, 0.15) is 18.3 Å². The maximum Gasteiger partial charge on any atom is 0.330 e. The van der Waals surface area contributed by atoms with Crippen LogP contribution in [0.5, 0.6) is 5.75 Å². The Kier molecular flexibility index (Phi) is 11.4. The fraction of sp³-hybridized carbons (Fsp3) is 0.440. The number of nitro groups is 1. The number of ketones is 1. The SMILES string of the molecule is COC(=O)/C=C/C(=O)c1cccc(O[C@@H]2O[C@H](COC(C)=O)[C@@H](OC(C)=O)[C@H](OC(C)=O)[C@H]2OC(C)=O)c1[N+](=O)[O-]. The van der Waals surface area contributed by atoms with Gasteiger partial charge < -0.3 is 33.2 Å². The van der Waals surface area contributed by atoms with Gasteiger partial charge in [0, 0.05) is 33.8 Å². The molecule has 1 fully saturated rings. The standard InChI is InChI=1S/C25H27NO15/c1-12(27)36-11-19-22(37-13(2)28)23(38-14(3)29)24(39-15(4)30)25(41-19)40-18-8-6-7-16(21(18)26(33)34)17(31)9-10-20(32)35-5/h6-10,19,22-25H,11H2,1-5H3/b10-9+/t19-,22-,23+,24-,25-/m1/s1. The van der Waals surface area contributed by atoms with Crippen molar-refractivity contribution in [1.29, 1.82) is 0 Å². The molecule has 41 heavy (non-hydrogen) atoms. The van der Waals surface area contributed by atoms with Crippen molar-refractivity contribution in [1.82, 2.24) is 0 Å². The molecule has 1 aromatic carbocycles. The number of hydrogen-bond donors (Lipinski definition) is 0. The van der Waals surface area contributed by atoms with Crippen molar-refractivity contribution in [3.05, 3.63) is 46.0 Å². The Labute approximate surface area is 232 Å². The average Bonchev–Trinajstić information content (AvgIpc) is 2.88. The average molecular weight is 581 g/mol. The number of nitro benzene ring substituents is 1. The number of allylic oxidation sites excluding steroid dienone is 1. The molecular formula is C25H27NO15. The van der Waals surface area contributed by atoms with E-state index in [-0.39, 0.29) is 0 Å². The fourth-order valence-electron chi connectivity index (χ4n) is 3.71. The topological polar surface area (TPSA) is 210 Å². The highest BCUT2D eigenvalue weighted by Gasteiger charge is 2.53. The van der Waals surface area contributed by atoms with E-state index in [1.165, 1.54) is 6.07 Å². The molecule has 2 rings (SSSR count). The molecule has 0 bridgehead atoms. The smallest absolute Gasteiger partial charge is 0.330 e. The lowest BCUT2D eigenvalue weighted by Crippen LogP contribution is -2.63. The fourth-order valence-corrected chi connectivity index (χ4v) is 3.71. The van der Waals surface area contributed by atoms with Gasteiger partial charge in [-0.1, -0.05) is 6.07 Å². The Morgan fingerprint density at radius 2 is 1.46 bits per heavy atom. The molecule has 1 heterocycles. The molecule has 0 radical (unpaired) electrons. The number of carbonyl (C=O) groups is 6. The highest BCUT2D eigenvalue weighted by Crippen LogP contribution is 2.36. The number of carbonyl (C=O) groups excluding carboxylic acids is 6. The highest BCUT2D eigenvalue weighted by molar-refractivity contribution is 6.10. The van der Waals surface area contributed by atoms with Crippen molar-refractivity contribution < 1.29 is 66.8 Å². The maximum atomic E-state index is 12.7. The summed E-state index contributed by atoms with van der Waals surface area (Å²) in [6.07, 6.45) is -6.39. The van der Waals surface area contributed by atoms with Gasteiger partial charge >= 0.3 is 35.5 Å². The Bertz CT molecular complexity index is 1240. The maximum absolute atomic E-state index is 12.7. The summed E-state index contributed by atoms with van der Waals surface area (Å²) in [5, 5.41) is 12.0. The molecule has 0 N–H and O–H groups in total. The molecule has 1 saturated heterocycles. The number of hydrogen-bond acceptors (Lipinski definition) is 15. The molecule has 0 saturated carbocycles. The van der Waals surface area contributed by atoms with Crippen molar-refractivity contribution in [2.45, 2.75) is 58.4 Å². The Morgan fingerprint density at radius 3 is 2.00 bits per heavy atom. The second-order valence-electron chi connectivity index (χ2n) is 8.32. The predicted octanol–water partition coefficient (Wildman–Crippen LogP) is 0.969. The van der Waals surface area contributed by atoms with Gasteiger partial charge in [-0.25, -0.2) is 4.79 Å². The third-order valence-corrected chi connectivity index (χ3v) is 5.21. The predicted molar refractivity (Wildman–Crippen MR) is 131 cm³/mol. The summed E-state index contributed by atoms with van der Waals surface area (Å²) in [7, 11) is 1.07. The first-order chi connectivity index (χ1) is 19.2. The molecule has 1 aliphatic heterocycles. The first kappa shape index (κ1) is 32.4. The van der Waals surface area contributed by atoms with Gasteiger partial charge in [-0.15, -0.1) is 0 Å². The van der Waals surface area contributed by atoms with E-state index >= 15 is 0 Å². The zero-order chi connectivity index (χ0) is 30.9. The Morgan fingerprint density at radius 1 is 0.878 bits per heavy atom. The summed E-state index contributed by atoms with van der Waals surface area (Å²) in [5.74, 6) is -5.80. The molecule has 1 aliphatic rings. The minimum Gasteiger partial charge on any atom is -0.466 e. The van der Waals surface area contributed by atoms with Crippen LogP contribution in [0.1, 0.15) is 38.1 Å². The Hall–Kier alpha value is -4.86. The van der Waals surface area contributed by atoms with Crippen LogP contribution in [0.4, 0.5) is 5.69 Å². The summed E-state index contributed by atoms with van der Waals surface area (Å²) >= 11 is 0. The van der Waals surface area contributed by atoms with Crippen LogP contribution < -0.4 is 4.74 Å².